The van der Waals surface area contributed by atoms with Crippen LogP contribution in [0, 0.1) is 5.41 Å². The summed E-state index contributed by atoms with van der Waals surface area (Å²) in [6.07, 6.45) is 1.16. The van der Waals surface area contributed by atoms with E-state index in [9.17, 15) is 0 Å². The first kappa shape index (κ1) is 11.7. The van der Waals surface area contributed by atoms with Gasteiger partial charge < -0.3 is 4.74 Å². The SMILES string of the molecule is C=C(CN1CCOCC1)C(C)(C)CC. The number of ether oxygens (including phenoxy) is 1. The Balaban J connectivity index is 2.39. The molecule has 0 unspecified atom stereocenters. The third kappa shape index (κ3) is 3.10. The summed E-state index contributed by atoms with van der Waals surface area (Å²) in [6.45, 7) is 15.9. The Bertz CT molecular complexity index is 192. The van der Waals surface area contributed by atoms with E-state index in [2.05, 4.69) is 32.3 Å². The molecule has 1 rings (SSSR count). The molecule has 2 nitrogen and oxygen atoms in total. The van der Waals surface area contributed by atoms with Crippen LogP contribution in [-0.4, -0.2) is 37.7 Å². The normalized spacial score (nSPS) is 19.6. The Morgan fingerprint density at radius 1 is 1.36 bits per heavy atom. The lowest BCUT2D eigenvalue weighted by atomic mass is 9.82. The second-order valence-corrected chi connectivity index (χ2v) is 4.73. The van der Waals surface area contributed by atoms with Gasteiger partial charge in [0, 0.05) is 19.6 Å². The predicted octanol–water partition coefficient (Wildman–Crippen LogP) is 2.31. The minimum absolute atomic E-state index is 0.276. The maximum absolute atomic E-state index is 5.32. The fourth-order valence-electron chi connectivity index (χ4n) is 1.49. The molecule has 2 heteroatoms. The van der Waals surface area contributed by atoms with E-state index in [1.54, 1.807) is 0 Å². The van der Waals surface area contributed by atoms with Crippen molar-refractivity contribution in [3.8, 4) is 0 Å². The standard InChI is InChI=1S/C12H23NO/c1-5-12(3,4)11(2)10-13-6-8-14-9-7-13/h2,5-10H2,1,3-4H3. The Labute approximate surface area is 87.9 Å². The average Bonchev–Trinajstić information content (AvgIpc) is 2.19. The van der Waals surface area contributed by atoms with Crippen LogP contribution < -0.4 is 0 Å². The Morgan fingerprint density at radius 3 is 2.43 bits per heavy atom. The molecule has 0 N–H and O–H groups in total. The van der Waals surface area contributed by atoms with E-state index in [-0.39, 0.29) is 5.41 Å². The van der Waals surface area contributed by atoms with E-state index in [1.165, 1.54) is 5.57 Å². The van der Waals surface area contributed by atoms with Gasteiger partial charge in [-0.3, -0.25) is 4.90 Å². The summed E-state index contributed by atoms with van der Waals surface area (Å²) in [5.74, 6) is 0. The van der Waals surface area contributed by atoms with Crippen LogP contribution in [0.25, 0.3) is 0 Å². The van der Waals surface area contributed by atoms with Crippen LogP contribution in [0.4, 0.5) is 0 Å². The van der Waals surface area contributed by atoms with E-state index in [0.717, 1.165) is 39.3 Å². The number of hydrogen-bond acceptors (Lipinski definition) is 2. The highest BCUT2D eigenvalue weighted by molar-refractivity contribution is 5.08. The van der Waals surface area contributed by atoms with Crippen molar-refractivity contribution in [3.05, 3.63) is 12.2 Å². The van der Waals surface area contributed by atoms with Gasteiger partial charge in [0.2, 0.25) is 0 Å². The molecule has 82 valence electrons. The van der Waals surface area contributed by atoms with Crippen molar-refractivity contribution in [2.24, 2.45) is 5.41 Å². The second-order valence-electron chi connectivity index (χ2n) is 4.73. The van der Waals surface area contributed by atoms with E-state index >= 15 is 0 Å². The van der Waals surface area contributed by atoms with Crippen molar-refractivity contribution in [2.45, 2.75) is 27.2 Å². The molecule has 1 aliphatic rings. The summed E-state index contributed by atoms with van der Waals surface area (Å²) in [7, 11) is 0. The number of morpholine rings is 1. The minimum atomic E-state index is 0.276. The molecule has 0 atom stereocenters. The van der Waals surface area contributed by atoms with Gasteiger partial charge in [-0.15, -0.1) is 0 Å². The molecule has 1 fully saturated rings. The van der Waals surface area contributed by atoms with Crippen molar-refractivity contribution >= 4 is 0 Å². The lowest BCUT2D eigenvalue weighted by Gasteiger charge is -2.33. The third-order valence-corrected chi connectivity index (χ3v) is 3.36. The topological polar surface area (TPSA) is 12.5 Å². The first-order valence-corrected chi connectivity index (χ1v) is 5.54. The number of nitrogens with zero attached hydrogens (tertiary/aromatic N) is 1. The zero-order valence-corrected chi connectivity index (χ0v) is 9.81. The van der Waals surface area contributed by atoms with Crippen molar-refractivity contribution in [1.29, 1.82) is 0 Å². The van der Waals surface area contributed by atoms with Crippen LogP contribution in [0.5, 0.6) is 0 Å². The van der Waals surface area contributed by atoms with Gasteiger partial charge in [0.15, 0.2) is 0 Å². The van der Waals surface area contributed by atoms with Crippen molar-refractivity contribution in [1.82, 2.24) is 4.90 Å². The van der Waals surface area contributed by atoms with E-state index in [0.29, 0.717) is 0 Å². The molecule has 1 saturated heterocycles. The van der Waals surface area contributed by atoms with E-state index in [4.69, 9.17) is 4.74 Å². The largest absolute Gasteiger partial charge is 0.379 e. The van der Waals surface area contributed by atoms with Gasteiger partial charge in [-0.25, -0.2) is 0 Å². The van der Waals surface area contributed by atoms with Crippen LogP contribution in [0.1, 0.15) is 27.2 Å². The van der Waals surface area contributed by atoms with Gasteiger partial charge in [-0.2, -0.15) is 0 Å². The summed E-state index contributed by atoms with van der Waals surface area (Å²) < 4.78 is 5.32. The highest BCUT2D eigenvalue weighted by Crippen LogP contribution is 2.29. The molecule has 1 aliphatic heterocycles. The summed E-state index contributed by atoms with van der Waals surface area (Å²) in [5.41, 5.74) is 1.63. The van der Waals surface area contributed by atoms with Gasteiger partial charge in [-0.05, 0) is 11.8 Å². The number of hydrogen-bond donors (Lipinski definition) is 0. The summed E-state index contributed by atoms with van der Waals surface area (Å²) in [6, 6.07) is 0. The third-order valence-electron chi connectivity index (χ3n) is 3.36. The first-order chi connectivity index (χ1) is 6.56. The molecule has 0 aromatic carbocycles. The van der Waals surface area contributed by atoms with Gasteiger partial charge in [-0.1, -0.05) is 32.9 Å². The molecule has 1 heterocycles. The molecule has 14 heavy (non-hydrogen) atoms. The monoisotopic (exact) mass is 197 g/mol. The molecule has 0 aromatic heterocycles. The molecule has 0 spiro atoms. The van der Waals surface area contributed by atoms with Crippen molar-refractivity contribution in [3.63, 3.8) is 0 Å². The molecule has 0 aromatic rings. The number of rotatable bonds is 4. The lowest BCUT2D eigenvalue weighted by molar-refractivity contribution is 0.0402. The Hall–Kier alpha value is -0.340. The average molecular weight is 197 g/mol. The van der Waals surface area contributed by atoms with Gasteiger partial charge in [0.1, 0.15) is 0 Å². The molecule has 0 radical (unpaired) electrons. The predicted molar refractivity (Wildman–Crippen MR) is 60.5 cm³/mol. The molecule has 0 amide bonds. The maximum Gasteiger partial charge on any atom is 0.0594 e. The highest BCUT2D eigenvalue weighted by Gasteiger charge is 2.21. The van der Waals surface area contributed by atoms with Crippen LogP contribution in [0.15, 0.2) is 12.2 Å². The second kappa shape index (κ2) is 4.94. The van der Waals surface area contributed by atoms with E-state index < -0.39 is 0 Å². The van der Waals surface area contributed by atoms with Crippen LogP contribution >= 0.6 is 0 Å². The zero-order chi connectivity index (χ0) is 10.6. The van der Waals surface area contributed by atoms with Gasteiger partial charge in [0.05, 0.1) is 13.2 Å². The molecular weight excluding hydrogens is 174 g/mol. The summed E-state index contributed by atoms with van der Waals surface area (Å²) >= 11 is 0. The highest BCUT2D eigenvalue weighted by atomic mass is 16.5. The Kier molecular flexibility index (Phi) is 4.14. The fourth-order valence-corrected chi connectivity index (χ4v) is 1.49. The fraction of sp³-hybridized carbons (Fsp3) is 0.833. The lowest BCUT2D eigenvalue weighted by Crippen LogP contribution is -2.39. The van der Waals surface area contributed by atoms with Gasteiger partial charge >= 0.3 is 0 Å². The van der Waals surface area contributed by atoms with Crippen LogP contribution in [-0.2, 0) is 4.74 Å². The first-order valence-electron chi connectivity index (χ1n) is 5.54. The van der Waals surface area contributed by atoms with Crippen molar-refractivity contribution in [2.75, 3.05) is 32.8 Å². The minimum Gasteiger partial charge on any atom is -0.379 e. The molecular formula is C12H23NO. The van der Waals surface area contributed by atoms with Crippen LogP contribution in [0.2, 0.25) is 0 Å². The molecule has 0 aliphatic carbocycles. The summed E-state index contributed by atoms with van der Waals surface area (Å²) in [4.78, 5) is 2.43. The quantitative estimate of drug-likeness (QED) is 0.641. The molecule has 0 bridgehead atoms. The van der Waals surface area contributed by atoms with E-state index in [1.807, 2.05) is 0 Å². The summed E-state index contributed by atoms with van der Waals surface area (Å²) in [5, 5.41) is 0. The molecule has 0 saturated carbocycles. The maximum atomic E-state index is 5.32. The zero-order valence-electron chi connectivity index (χ0n) is 9.81. The van der Waals surface area contributed by atoms with Gasteiger partial charge in [0.25, 0.3) is 0 Å². The van der Waals surface area contributed by atoms with Crippen LogP contribution in [0.3, 0.4) is 0 Å². The Morgan fingerprint density at radius 2 is 1.93 bits per heavy atom. The van der Waals surface area contributed by atoms with Crippen molar-refractivity contribution < 1.29 is 4.74 Å². The smallest absolute Gasteiger partial charge is 0.0594 e.